The Labute approximate surface area is 273 Å². The van der Waals surface area contributed by atoms with Gasteiger partial charge in [-0.15, -0.1) is 0 Å². The van der Waals surface area contributed by atoms with Crippen molar-refractivity contribution in [2.75, 3.05) is 53.0 Å². The average Bonchev–Trinajstić information content (AvgIpc) is 3.35. The third kappa shape index (κ3) is 10.2. The Morgan fingerprint density at radius 1 is 1.11 bits per heavy atom. The number of aliphatic imine (C=N–C) groups is 1. The molecule has 47 heavy (non-hydrogen) atoms. The number of amides is 1. The lowest BCUT2D eigenvalue weighted by molar-refractivity contribution is -0.137. The lowest BCUT2D eigenvalue weighted by atomic mass is 9.88. The van der Waals surface area contributed by atoms with E-state index < -0.39 is 29.4 Å². The predicted octanol–water partition coefficient (Wildman–Crippen LogP) is 4.20. The van der Waals surface area contributed by atoms with Crippen molar-refractivity contribution in [2.45, 2.75) is 69.7 Å². The average molecular weight is 663 g/mol. The number of halogens is 3. The van der Waals surface area contributed by atoms with Gasteiger partial charge in [-0.05, 0) is 100 Å². The van der Waals surface area contributed by atoms with Crippen molar-refractivity contribution in [3.8, 4) is 5.75 Å². The molecule has 2 heterocycles. The first kappa shape index (κ1) is 36.3. The Hall–Kier alpha value is -3.52. The molecule has 1 fully saturated rings. The largest absolute Gasteiger partial charge is 0.493 e. The lowest BCUT2D eigenvalue weighted by Gasteiger charge is -2.35. The molecule has 13 heteroatoms. The number of piperidine rings is 1. The number of hydrogen-bond acceptors (Lipinski definition) is 8. The van der Waals surface area contributed by atoms with E-state index in [0.717, 1.165) is 49.1 Å². The number of carboxylic acids is 1. The van der Waals surface area contributed by atoms with Gasteiger partial charge >= 0.3 is 12.1 Å². The highest BCUT2D eigenvalue weighted by Crippen LogP contribution is 2.35. The molecule has 4 rings (SSSR count). The third-order valence-corrected chi connectivity index (χ3v) is 8.74. The van der Waals surface area contributed by atoms with Crippen molar-refractivity contribution < 1.29 is 42.4 Å². The summed E-state index contributed by atoms with van der Waals surface area (Å²) in [5.74, 6) is -1.17. The van der Waals surface area contributed by atoms with Crippen LogP contribution in [0, 0.1) is 6.92 Å². The lowest BCUT2D eigenvalue weighted by Crippen LogP contribution is -2.49. The number of likely N-dealkylation sites (tertiary alicyclic amines) is 1. The number of carbonyl (C=O) groups is 2. The zero-order chi connectivity index (χ0) is 34.0. The number of nitrogens with zero attached hydrogens (tertiary/aromatic N) is 2. The molecular weight excluding hydrogens is 617 g/mol. The number of likely N-dealkylation sites (N-methyl/N-ethyl adjacent to an activating group) is 1. The molecule has 0 unspecified atom stereocenters. The SMILES string of the molecule is CNCCOCC[C@@H](O)CCOc1cc(C2=NC3(CCN(CCCCc4ccc(C(=O)O)cc4C)CC3)C(=O)N2)cc(C(F)(F)F)c1. The molecule has 2 aromatic carbocycles. The zero-order valence-electron chi connectivity index (χ0n) is 27.0. The van der Waals surface area contributed by atoms with Gasteiger partial charge in [0, 0.05) is 38.2 Å². The Morgan fingerprint density at radius 2 is 1.85 bits per heavy atom. The van der Waals surface area contributed by atoms with Crippen molar-refractivity contribution in [2.24, 2.45) is 4.99 Å². The summed E-state index contributed by atoms with van der Waals surface area (Å²) in [7, 11) is 1.81. The van der Waals surface area contributed by atoms with Gasteiger partial charge in [-0.2, -0.15) is 13.2 Å². The number of aryl methyl sites for hydroxylation is 2. The number of aliphatic hydroxyl groups excluding tert-OH is 1. The van der Waals surface area contributed by atoms with Crippen LogP contribution in [0.25, 0.3) is 0 Å². The second kappa shape index (κ2) is 16.5. The maximum Gasteiger partial charge on any atom is 0.416 e. The molecule has 0 aliphatic carbocycles. The van der Waals surface area contributed by atoms with Gasteiger partial charge < -0.3 is 35.2 Å². The van der Waals surface area contributed by atoms with Crippen LogP contribution in [0.15, 0.2) is 41.4 Å². The van der Waals surface area contributed by atoms with Crippen molar-refractivity contribution in [3.05, 3.63) is 64.2 Å². The number of aromatic carboxylic acids is 1. The molecule has 4 N–H and O–H groups in total. The number of amidine groups is 1. The topological polar surface area (TPSA) is 133 Å². The van der Waals surface area contributed by atoms with Crippen LogP contribution in [0.4, 0.5) is 13.2 Å². The van der Waals surface area contributed by atoms with E-state index in [1.165, 1.54) is 6.07 Å². The molecule has 2 aliphatic heterocycles. The first-order chi connectivity index (χ1) is 22.4. The molecule has 0 aromatic heterocycles. The molecule has 1 saturated heterocycles. The van der Waals surface area contributed by atoms with Crippen molar-refractivity contribution in [1.82, 2.24) is 15.5 Å². The third-order valence-electron chi connectivity index (χ3n) is 8.74. The molecule has 0 bridgehead atoms. The summed E-state index contributed by atoms with van der Waals surface area (Å²) in [6, 6.07) is 8.50. The highest BCUT2D eigenvalue weighted by Gasteiger charge is 2.46. The molecule has 1 spiro atoms. The quantitative estimate of drug-likeness (QED) is 0.186. The number of rotatable bonds is 17. The Balaban J connectivity index is 1.31. The zero-order valence-corrected chi connectivity index (χ0v) is 27.0. The molecule has 1 amide bonds. The molecule has 0 radical (unpaired) electrons. The highest BCUT2D eigenvalue weighted by molar-refractivity contribution is 6.15. The second-order valence-corrected chi connectivity index (χ2v) is 12.2. The number of nitrogens with one attached hydrogen (secondary N) is 2. The first-order valence-electron chi connectivity index (χ1n) is 16.1. The normalized spacial score (nSPS) is 17.1. The fourth-order valence-corrected chi connectivity index (χ4v) is 5.83. The van der Waals surface area contributed by atoms with E-state index in [0.29, 0.717) is 52.1 Å². The monoisotopic (exact) mass is 662 g/mol. The summed E-state index contributed by atoms with van der Waals surface area (Å²) in [6.45, 7) is 5.61. The standard InChI is InChI=1S/C34H45F3N4O6/c1-23-19-25(31(43)44)7-6-24(23)5-3-4-13-41-14-10-33(11-15-41)32(45)39-30(40-33)26-20-27(34(35,36)37)22-29(21-26)47-17-9-28(42)8-16-46-18-12-38-2/h6-7,19-22,28,38,42H,3-5,8-18H2,1-2H3,(H,43,44)(H,39,40,45)/t28-/m1/s1. The maximum atomic E-state index is 13.8. The van der Waals surface area contributed by atoms with Crippen LogP contribution in [-0.4, -0.2) is 97.5 Å². The van der Waals surface area contributed by atoms with Gasteiger partial charge in [0.1, 0.15) is 17.1 Å². The summed E-state index contributed by atoms with van der Waals surface area (Å²) in [6.07, 6.45) is -1.13. The number of hydrogen-bond donors (Lipinski definition) is 4. The van der Waals surface area contributed by atoms with Gasteiger partial charge in [-0.3, -0.25) is 9.79 Å². The fourth-order valence-electron chi connectivity index (χ4n) is 5.83. The molecule has 0 saturated carbocycles. The van der Waals surface area contributed by atoms with Crippen LogP contribution in [-0.2, 0) is 22.1 Å². The van der Waals surface area contributed by atoms with Crippen LogP contribution < -0.4 is 15.4 Å². The molecule has 2 aliphatic rings. The molecule has 2 aromatic rings. The minimum atomic E-state index is -4.63. The molecule has 10 nitrogen and oxygen atoms in total. The van der Waals surface area contributed by atoms with Gasteiger partial charge in [0.05, 0.1) is 30.4 Å². The number of carboxylic acid groups (broad SMARTS) is 1. The summed E-state index contributed by atoms with van der Waals surface area (Å²) in [4.78, 5) is 31.2. The van der Waals surface area contributed by atoms with Gasteiger partial charge in [-0.1, -0.05) is 6.07 Å². The van der Waals surface area contributed by atoms with E-state index in [9.17, 15) is 27.9 Å². The van der Waals surface area contributed by atoms with Crippen LogP contribution in [0.5, 0.6) is 5.75 Å². The number of ether oxygens (including phenoxy) is 2. The molecule has 258 valence electrons. The van der Waals surface area contributed by atoms with Gasteiger partial charge in [0.2, 0.25) is 0 Å². The van der Waals surface area contributed by atoms with Crippen molar-refractivity contribution in [1.29, 1.82) is 0 Å². The van der Waals surface area contributed by atoms with Crippen molar-refractivity contribution in [3.63, 3.8) is 0 Å². The van der Waals surface area contributed by atoms with Crippen molar-refractivity contribution >= 4 is 17.7 Å². The van der Waals surface area contributed by atoms with Gasteiger partial charge in [0.25, 0.3) is 5.91 Å². The predicted molar refractivity (Wildman–Crippen MR) is 171 cm³/mol. The van der Waals surface area contributed by atoms with E-state index in [1.807, 2.05) is 20.0 Å². The first-order valence-corrected chi connectivity index (χ1v) is 16.1. The second-order valence-electron chi connectivity index (χ2n) is 12.2. The number of aliphatic hydroxyl groups is 1. The number of unbranched alkanes of at least 4 members (excludes halogenated alkanes) is 1. The van der Waals surface area contributed by atoms with Crippen LogP contribution in [0.1, 0.15) is 71.1 Å². The Bertz CT molecular complexity index is 1410. The van der Waals surface area contributed by atoms with E-state index in [4.69, 9.17) is 14.6 Å². The summed E-state index contributed by atoms with van der Waals surface area (Å²) in [5.41, 5.74) is 0.544. The van der Waals surface area contributed by atoms with E-state index in [2.05, 4.69) is 20.5 Å². The van der Waals surface area contributed by atoms with Crippen LogP contribution in [0.2, 0.25) is 0 Å². The van der Waals surface area contributed by atoms with E-state index in [1.54, 1.807) is 12.1 Å². The summed E-state index contributed by atoms with van der Waals surface area (Å²) >= 11 is 0. The minimum absolute atomic E-state index is 0.00759. The van der Waals surface area contributed by atoms with Crippen LogP contribution in [0.3, 0.4) is 0 Å². The number of benzene rings is 2. The molecular formula is C34H45F3N4O6. The summed E-state index contributed by atoms with van der Waals surface area (Å²) < 4.78 is 52.4. The fraction of sp³-hybridized carbons (Fsp3) is 0.559. The highest BCUT2D eigenvalue weighted by atomic mass is 19.4. The smallest absolute Gasteiger partial charge is 0.416 e. The minimum Gasteiger partial charge on any atom is -0.493 e. The number of alkyl halides is 3. The maximum absolute atomic E-state index is 13.8. The molecule has 1 atom stereocenters. The van der Waals surface area contributed by atoms with Gasteiger partial charge in [0.15, 0.2) is 0 Å². The Kier molecular flexibility index (Phi) is 12.8. The number of carbonyl (C=O) groups excluding carboxylic acids is 1. The summed E-state index contributed by atoms with van der Waals surface area (Å²) in [5, 5.41) is 25.0. The van der Waals surface area contributed by atoms with E-state index >= 15 is 0 Å². The van der Waals surface area contributed by atoms with E-state index in [-0.39, 0.29) is 41.6 Å². The Morgan fingerprint density at radius 3 is 2.53 bits per heavy atom. The van der Waals surface area contributed by atoms with Crippen LogP contribution >= 0.6 is 0 Å². The van der Waals surface area contributed by atoms with Gasteiger partial charge in [-0.25, -0.2) is 4.79 Å².